The zero-order valence-electron chi connectivity index (χ0n) is 9.28. The Balaban J connectivity index is 4.43. The summed E-state index contributed by atoms with van der Waals surface area (Å²) in [5.74, 6) is -1.84. The third kappa shape index (κ3) is 4.75. The van der Waals surface area contributed by atoms with E-state index in [2.05, 4.69) is 0 Å². The molecule has 0 aromatic rings. The molecule has 8 heteroatoms. The van der Waals surface area contributed by atoms with Crippen LogP contribution >= 0.6 is 0 Å². The van der Waals surface area contributed by atoms with Crippen molar-refractivity contribution in [1.29, 1.82) is 0 Å². The van der Waals surface area contributed by atoms with Crippen molar-refractivity contribution >= 4 is 11.8 Å². The molecule has 0 aliphatic carbocycles. The van der Waals surface area contributed by atoms with Crippen LogP contribution < -0.4 is 5.32 Å². The first-order valence-electron chi connectivity index (χ1n) is 5.01. The molecule has 0 unspecified atom stereocenters. The maximum atomic E-state index is 11.2. The van der Waals surface area contributed by atoms with Gasteiger partial charge in [-0.2, -0.15) is 0 Å². The van der Waals surface area contributed by atoms with Gasteiger partial charge in [0, 0.05) is 6.42 Å². The lowest BCUT2D eigenvalue weighted by atomic mass is 10.0. The van der Waals surface area contributed by atoms with Crippen LogP contribution in [0.5, 0.6) is 0 Å². The summed E-state index contributed by atoms with van der Waals surface area (Å²) < 4.78 is 0. The van der Waals surface area contributed by atoms with Gasteiger partial charge in [-0.1, -0.05) is 6.92 Å². The summed E-state index contributed by atoms with van der Waals surface area (Å²) in [5, 5.41) is 47.1. The van der Waals surface area contributed by atoms with E-state index in [1.165, 1.54) is 6.92 Å². The highest BCUT2D eigenvalue weighted by Crippen LogP contribution is 2.05. The van der Waals surface area contributed by atoms with E-state index in [4.69, 9.17) is 10.2 Å². The van der Waals surface area contributed by atoms with Gasteiger partial charge in [-0.3, -0.25) is 14.9 Å². The van der Waals surface area contributed by atoms with E-state index in [1.807, 2.05) is 0 Å². The monoisotopic (exact) mass is 251 g/mol. The smallest absolute Gasteiger partial charge is 0.258 e. The Morgan fingerprint density at radius 2 is 1.65 bits per heavy atom. The van der Waals surface area contributed by atoms with Crippen LogP contribution in [-0.2, 0) is 9.59 Å². The predicted molar refractivity (Wildman–Crippen MR) is 54.6 cm³/mol. The number of hydrogen-bond donors (Lipinski definition) is 6. The number of aliphatic hydroxyl groups is 5. The van der Waals surface area contributed by atoms with Gasteiger partial charge in [0.2, 0.25) is 5.91 Å². The zero-order valence-corrected chi connectivity index (χ0v) is 9.28. The molecule has 8 nitrogen and oxygen atoms in total. The van der Waals surface area contributed by atoms with E-state index < -0.39 is 42.8 Å². The van der Waals surface area contributed by atoms with E-state index in [0.717, 1.165) is 0 Å². The second-order valence-corrected chi connectivity index (χ2v) is 3.44. The molecular formula is C9H17NO7. The van der Waals surface area contributed by atoms with Crippen molar-refractivity contribution in [2.45, 2.75) is 37.8 Å². The van der Waals surface area contributed by atoms with Crippen LogP contribution in [0.1, 0.15) is 13.3 Å². The van der Waals surface area contributed by atoms with Gasteiger partial charge in [-0.25, -0.2) is 0 Å². The van der Waals surface area contributed by atoms with Crippen molar-refractivity contribution in [3.8, 4) is 0 Å². The van der Waals surface area contributed by atoms with Crippen LogP contribution in [0.4, 0.5) is 0 Å². The Morgan fingerprint density at radius 3 is 2.06 bits per heavy atom. The standard InChI is InChI=1S/C9H17NO7/c1-2-5(13)10-9(17)8(16)7(15)6(14)4(12)3-11/h4,6-8,11-12,14-16H,2-3H2,1H3,(H,10,13,17)/t4-,6+,7+,8-/m1/s1. The minimum Gasteiger partial charge on any atom is -0.394 e. The summed E-state index contributed by atoms with van der Waals surface area (Å²) in [5.41, 5.74) is 0. The number of carbonyl (C=O) groups excluding carboxylic acids is 2. The molecule has 0 aliphatic rings. The summed E-state index contributed by atoms with van der Waals surface area (Å²) in [6.07, 6.45) is -7.69. The molecule has 6 N–H and O–H groups in total. The fraction of sp³-hybridized carbons (Fsp3) is 0.778. The Hall–Kier alpha value is -1.06. The highest BCUT2D eigenvalue weighted by Gasteiger charge is 2.34. The highest BCUT2D eigenvalue weighted by molar-refractivity contribution is 5.97. The Kier molecular flexibility index (Phi) is 6.85. The van der Waals surface area contributed by atoms with E-state index in [0.29, 0.717) is 0 Å². The average Bonchev–Trinajstić information content (AvgIpc) is 2.34. The molecule has 0 rings (SSSR count). The van der Waals surface area contributed by atoms with Gasteiger partial charge in [-0.05, 0) is 0 Å². The number of imide groups is 1. The van der Waals surface area contributed by atoms with Gasteiger partial charge >= 0.3 is 0 Å². The molecule has 0 fully saturated rings. The maximum Gasteiger partial charge on any atom is 0.258 e. The molecular weight excluding hydrogens is 234 g/mol. The maximum absolute atomic E-state index is 11.2. The summed E-state index contributed by atoms with van der Waals surface area (Å²) in [6, 6.07) is 0. The largest absolute Gasteiger partial charge is 0.394 e. The second kappa shape index (κ2) is 7.30. The van der Waals surface area contributed by atoms with Crippen LogP contribution in [0.3, 0.4) is 0 Å². The average molecular weight is 251 g/mol. The molecule has 0 saturated heterocycles. The molecule has 2 amide bonds. The van der Waals surface area contributed by atoms with Crippen molar-refractivity contribution in [3.05, 3.63) is 0 Å². The van der Waals surface area contributed by atoms with Crippen molar-refractivity contribution in [2.75, 3.05) is 6.61 Å². The summed E-state index contributed by atoms with van der Waals surface area (Å²) in [7, 11) is 0. The fourth-order valence-electron chi connectivity index (χ4n) is 0.977. The van der Waals surface area contributed by atoms with Gasteiger partial charge in [0.1, 0.15) is 18.3 Å². The van der Waals surface area contributed by atoms with E-state index in [9.17, 15) is 24.9 Å². The van der Waals surface area contributed by atoms with Crippen molar-refractivity contribution < 1.29 is 35.1 Å². The second-order valence-electron chi connectivity index (χ2n) is 3.44. The number of carbonyl (C=O) groups is 2. The van der Waals surface area contributed by atoms with E-state index in [-0.39, 0.29) is 6.42 Å². The highest BCUT2D eigenvalue weighted by atomic mass is 16.4. The van der Waals surface area contributed by atoms with Gasteiger partial charge in [0.15, 0.2) is 6.10 Å². The zero-order chi connectivity index (χ0) is 13.6. The number of rotatable bonds is 6. The summed E-state index contributed by atoms with van der Waals surface area (Å²) in [4.78, 5) is 22.0. The Bertz CT molecular complexity index is 270. The van der Waals surface area contributed by atoms with Gasteiger partial charge in [-0.15, -0.1) is 0 Å². The summed E-state index contributed by atoms with van der Waals surface area (Å²) >= 11 is 0. The minimum atomic E-state index is -2.08. The fourth-order valence-corrected chi connectivity index (χ4v) is 0.977. The van der Waals surface area contributed by atoms with Gasteiger partial charge < -0.3 is 25.5 Å². The van der Waals surface area contributed by atoms with Crippen molar-refractivity contribution in [3.63, 3.8) is 0 Å². The molecule has 17 heavy (non-hydrogen) atoms. The lowest BCUT2D eigenvalue weighted by Gasteiger charge is -2.24. The number of aliphatic hydroxyl groups excluding tert-OH is 5. The quantitative estimate of drug-likeness (QED) is 0.286. The lowest BCUT2D eigenvalue weighted by Crippen LogP contribution is -2.52. The summed E-state index contributed by atoms with van der Waals surface area (Å²) in [6.45, 7) is 0.635. The van der Waals surface area contributed by atoms with Crippen LogP contribution in [0.25, 0.3) is 0 Å². The Labute approximate surface area is 97.5 Å². The van der Waals surface area contributed by atoms with E-state index >= 15 is 0 Å². The lowest BCUT2D eigenvalue weighted by molar-refractivity contribution is -0.151. The Morgan fingerprint density at radius 1 is 1.12 bits per heavy atom. The topological polar surface area (TPSA) is 147 Å². The molecule has 0 aromatic heterocycles. The molecule has 0 bridgehead atoms. The third-order valence-corrected chi connectivity index (χ3v) is 2.11. The SMILES string of the molecule is CCC(=O)NC(=O)[C@H](O)[C@@H](O)[C@@H](O)[C@H](O)CO. The molecule has 0 aliphatic heterocycles. The number of hydrogen-bond acceptors (Lipinski definition) is 7. The van der Waals surface area contributed by atoms with Crippen LogP contribution in [-0.4, -0.2) is 68.4 Å². The molecule has 4 atom stereocenters. The van der Waals surface area contributed by atoms with Gasteiger partial charge in [0.05, 0.1) is 6.61 Å². The van der Waals surface area contributed by atoms with E-state index in [1.54, 1.807) is 5.32 Å². The normalized spacial score (nSPS) is 18.0. The van der Waals surface area contributed by atoms with Crippen LogP contribution in [0.15, 0.2) is 0 Å². The third-order valence-electron chi connectivity index (χ3n) is 2.11. The first kappa shape index (κ1) is 15.9. The molecule has 0 aromatic carbocycles. The van der Waals surface area contributed by atoms with Crippen molar-refractivity contribution in [2.24, 2.45) is 0 Å². The van der Waals surface area contributed by atoms with Crippen molar-refractivity contribution in [1.82, 2.24) is 5.32 Å². The molecule has 100 valence electrons. The first-order chi connectivity index (χ1) is 7.84. The first-order valence-corrected chi connectivity index (χ1v) is 5.01. The minimum absolute atomic E-state index is 0.0103. The van der Waals surface area contributed by atoms with Gasteiger partial charge in [0.25, 0.3) is 5.91 Å². The molecule has 0 radical (unpaired) electrons. The molecule has 0 saturated carbocycles. The van der Waals surface area contributed by atoms with Crippen LogP contribution in [0, 0.1) is 0 Å². The molecule has 0 spiro atoms. The van der Waals surface area contributed by atoms with Crippen LogP contribution in [0.2, 0.25) is 0 Å². The number of amides is 2. The number of nitrogens with one attached hydrogen (secondary N) is 1. The molecule has 0 heterocycles. The predicted octanol–water partition coefficient (Wildman–Crippen LogP) is -3.52.